The lowest BCUT2D eigenvalue weighted by Crippen LogP contribution is -2.43. The van der Waals surface area contributed by atoms with Gasteiger partial charge >= 0.3 is 0 Å². The van der Waals surface area contributed by atoms with Crippen LogP contribution in [0.1, 0.15) is 28.5 Å². The number of halogens is 1. The van der Waals surface area contributed by atoms with Crippen LogP contribution in [0.2, 0.25) is 0 Å². The van der Waals surface area contributed by atoms with Crippen molar-refractivity contribution in [1.29, 1.82) is 0 Å². The number of carbonyl (C=O) groups excluding carboxylic acids is 1. The van der Waals surface area contributed by atoms with Crippen LogP contribution >= 0.6 is 0 Å². The standard InChI is InChI=1S/C24H22FN3O2/c25-17-5-3-4-15(12-17)16-7-8-20-19(13-16)23-18(22(14-29)27-20)9-11-28(23)24(30)21-6-1-2-10-26-21/h1-8,10,12-13,18,22-23,27,29H,9,11,14H2/t18-,22-,23-/m1/s1. The summed E-state index contributed by atoms with van der Waals surface area (Å²) >= 11 is 0. The number of fused-ring (bicyclic) bond motifs is 3. The molecule has 2 aromatic carbocycles. The van der Waals surface area contributed by atoms with E-state index in [0.717, 1.165) is 28.8 Å². The lowest BCUT2D eigenvalue weighted by Gasteiger charge is -2.39. The molecule has 1 fully saturated rings. The van der Waals surface area contributed by atoms with Crippen molar-refractivity contribution in [3.8, 4) is 11.1 Å². The van der Waals surface area contributed by atoms with E-state index < -0.39 is 0 Å². The van der Waals surface area contributed by atoms with Gasteiger partial charge in [-0.2, -0.15) is 0 Å². The summed E-state index contributed by atoms with van der Waals surface area (Å²) in [4.78, 5) is 19.3. The number of benzene rings is 2. The van der Waals surface area contributed by atoms with E-state index in [1.54, 1.807) is 24.4 Å². The Morgan fingerprint density at radius 1 is 1.13 bits per heavy atom. The van der Waals surface area contributed by atoms with Gasteiger partial charge in [0.2, 0.25) is 0 Å². The van der Waals surface area contributed by atoms with E-state index in [1.165, 1.54) is 12.1 Å². The molecule has 0 spiro atoms. The van der Waals surface area contributed by atoms with E-state index in [9.17, 15) is 14.3 Å². The summed E-state index contributed by atoms with van der Waals surface area (Å²) in [5.41, 5.74) is 4.00. The van der Waals surface area contributed by atoms with Gasteiger partial charge in [0.1, 0.15) is 11.5 Å². The Bertz CT molecular complexity index is 1090. The van der Waals surface area contributed by atoms with Crippen molar-refractivity contribution >= 4 is 11.6 Å². The summed E-state index contributed by atoms with van der Waals surface area (Å²) in [6.45, 7) is 0.602. The quantitative estimate of drug-likeness (QED) is 0.697. The highest BCUT2D eigenvalue weighted by atomic mass is 19.1. The van der Waals surface area contributed by atoms with Crippen LogP contribution < -0.4 is 5.32 Å². The summed E-state index contributed by atoms with van der Waals surface area (Å²) in [6, 6.07) is 17.5. The van der Waals surface area contributed by atoms with Gasteiger partial charge in [-0.25, -0.2) is 4.39 Å². The maximum Gasteiger partial charge on any atom is 0.272 e. The fourth-order valence-corrected chi connectivity index (χ4v) is 4.77. The second kappa shape index (κ2) is 7.54. The third kappa shape index (κ3) is 3.13. The third-order valence-electron chi connectivity index (χ3n) is 6.17. The number of hydrogen-bond acceptors (Lipinski definition) is 4. The van der Waals surface area contributed by atoms with Gasteiger partial charge in [-0.15, -0.1) is 0 Å². The number of aliphatic hydroxyl groups excluding tert-OH is 1. The third-order valence-corrected chi connectivity index (χ3v) is 6.17. The van der Waals surface area contributed by atoms with Gasteiger partial charge in [-0.05, 0) is 59.5 Å². The first-order valence-corrected chi connectivity index (χ1v) is 10.1. The Hall–Kier alpha value is -3.25. The molecule has 152 valence electrons. The van der Waals surface area contributed by atoms with Crippen LogP contribution in [0.15, 0.2) is 66.9 Å². The Labute approximate surface area is 174 Å². The van der Waals surface area contributed by atoms with Crippen molar-refractivity contribution in [2.75, 3.05) is 18.5 Å². The number of rotatable bonds is 3. The molecule has 2 aliphatic rings. The Morgan fingerprint density at radius 2 is 2.00 bits per heavy atom. The molecule has 30 heavy (non-hydrogen) atoms. The maximum absolute atomic E-state index is 13.8. The summed E-state index contributed by atoms with van der Waals surface area (Å²) in [5, 5.41) is 13.4. The molecule has 0 aliphatic carbocycles. The first-order chi connectivity index (χ1) is 14.7. The van der Waals surface area contributed by atoms with E-state index in [2.05, 4.69) is 10.3 Å². The molecule has 2 N–H and O–H groups in total. The molecule has 0 unspecified atom stereocenters. The van der Waals surface area contributed by atoms with Gasteiger partial charge in [-0.3, -0.25) is 9.78 Å². The number of likely N-dealkylation sites (tertiary alicyclic amines) is 1. The van der Waals surface area contributed by atoms with Gasteiger partial charge in [0.25, 0.3) is 5.91 Å². The Morgan fingerprint density at radius 3 is 2.77 bits per heavy atom. The predicted molar refractivity (Wildman–Crippen MR) is 112 cm³/mol. The van der Waals surface area contributed by atoms with Crippen molar-refractivity contribution < 1.29 is 14.3 Å². The molecule has 3 heterocycles. The molecule has 1 aromatic heterocycles. The van der Waals surface area contributed by atoms with Crippen molar-refractivity contribution in [2.45, 2.75) is 18.5 Å². The SMILES string of the molecule is O=C(c1ccccn1)N1CC[C@@H]2[C@@H](CO)Nc3ccc(-c4cccc(F)c4)cc3[C@@H]21. The zero-order valence-corrected chi connectivity index (χ0v) is 16.3. The van der Waals surface area contributed by atoms with Gasteiger partial charge in [0.15, 0.2) is 0 Å². The normalized spacial score (nSPS) is 22.2. The van der Waals surface area contributed by atoms with E-state index >= 15 is 0 Å². The highest BCUT2D eigenvalue weighted by Crippen LogP contribution is 2.47. The van der Waals surface area contributed by atoms with Crippen LogP contribution in [0.25, 0.3) is 11.1 Å². The molecule has 2 aliphatic heterocycles. The van der Waals surface area contributed by atoms with E-state index in [4.69, 9.17) is 0 Å². The predicted octanol–water partition coefficient (Wildman–Crippen LogP) is 3.88. The fourth-order valence-electron chi connectivity index (χ4n) is 4.77. The van der Waals surface area contributed by atoms with Crippen LogP contribution in [0.5, 0.6) is 0 Å². The first-order valence-electron chi connectivity index (χ1n) is 10.1. The number of nitrogens with zero attached hydrogens (tertiary/aromatic N) is 2. The Kier molecular flexibility index (Phi) is 4.71. The molecule has 3 atom stereocenters. The fraction of sp³-hybridized carbons (Fsp3) is 0.250. The minimum absolute atomic E-state index is 0.00211. The topological polar surface area (TPSA) is 65.5 Å². The minimum atomic E-state index is -0.283. The molecular weight excluding hydrogens is 381 g/mol. The molecule has 0 bridgehead atoms. The number of amides is 1. The minimum Gasteiger partial charge on any atom is -0.394 e. The number of anilines is 1. The van der Waals surface area contributed by atoms with Crippen LogP contribution in [-0.2, 0) is 0 Å². The molecule has 6 heteroatoms. The first kappa shape index (κ1) is 18.8. The molecule has 5 rings (SSSR count). The monoisotopic (exact) mass is 403 g/mol. The second-order valence-electron chi connectivity index (χ2n) is 7.86. The van der Waals surface area contributed by atoms with Crippen molar-refractivity contribution in [1.82, 2.24) is 9.88 Å². The highest BCUT2D eigenvalue weighted by Gasteiger charge is 2.46. The lowest BCUT2D eigenvalue weighted by molar-refractivity contribution is 0.0695. The smallest absolute Gasteiger partial charge is 0.272 e. The van der Waals surface area contributed by atoms with Crippen molar-refractivity contribution in [2.24, 2.45) is 5.92 Å². The average molecular weight is 403 g/mol. The lowest BCUT2D eigenvalue weighted by atomic mass is 9.82. The zero-order chi connectivity index (χ0) is 20.7. The van der Waals surface area contributed by atoms with E-state index in [1.807, 2.05) is 35.2 Å². The molecule has 5 nitrogen and oxygen atoms in total. The van der Waals surface area contributed by atoms with Crippen LogP contribution in [0, 0.1) is 11.7 Å². The molecule has 3 aromatic rings. The summed E-state index contributed by atoms with van der Waals surface area (Å²) in [6.07, 6.45) is 2.42. The van der Waals surface area contributed by atoms with Gasteiger partial charge in [0.05, 0.1) is 18.7 Å². The van der Waals surface area contributed by atoms with Crippen LogP contribution in [-0.4, -0.2) is 40.1 Å². The van der Waals surface area contributed by atoms with E-state index in [-0.39, 0.29) is 36.3 Å². The second-order valence-corrected chi connectivity index (χ2v) is 7.86. The number of nitrogens with one attached hydrogen (secondary N) is 1. The van der Waals surface area contributed by atoms with Crippen molar-refractivity contribution in [3.63, 3.8) is 0 Å². The summed E-state index contributed by atoms with van der Waals surface area (Å²) < 4.78 is 13.8. The number of aliphatic hydroxyl groups is 1. The molecule has 0 saturated carbocycles. The number of pyridine rings is 1. The number of carbonyl (C=O) groups is 1. The zero-order valence-electron chi connectivity index (χ0n) is 16.3. The number of aromatic nitrogens is 1. The van der Waals surface area contributed by atoms with Crippen LogP contribution in [0.4, 0.5) is 10.1 Å². The highest BCUT2D eigenvalue weighted by molar-refractivity contribution is 5.93. The largest absolute Gasteiger partial charge is 0.394 e. The van der Waals surface area contributed by atoms with Gasteiger partial charge in [0, 0.05) is 24.3 Å². The van der Waals surface area contributed by atoms with Gasteiger partial charge < -0.3 is 15.3 Å². The Balaban J connectivity index is 1.58. The molecular formula is C24H22FN3O2. The van der Waals surface area contributed by atoms with Crippen molar-refractivity contribution in [3.05, 3.63) is 83.9 Å². The molecule has 1 saturated heterocycles. The molecule has 1 amide bonds. The van der Waals surface area contributed by atoms with Crippen LogP contribution in [0.3, 0.4) is 0 Å². The molecule has 0 radical (unpaired) electrons. The van der Waals surface area contributed by atoms with Gasteiger partial charge in [-0.1, -0.05) is 24.3 Å². The average Bonchev–Trinajstić information content (AvgIpc) is 3.24. The maximum atomic E-state index is 13.8. The summed E-state index contributed by atoms with van der Waals surface area (Å²) in [7, 11) is 0. The summed E-state index contributed by atoms with van der Waals surface area (Å²) in [5.74, 6) is -0.295. The number of hydrogen-bond donors (Lipinski definition) is 2. The van der Waals surface area contributed by atoms with E-state index in [0.29, 0.717) is 12.2 Å².